The molecule has 2 rings (SSSR count). The second-order valence-electron chi connectivity index (χ2n) is 4.94. The molecule has 0 aliphatic carbocycles. The van der Waals surface area contributed by atoms with Crippen molar-refractivity contribution in [2.45, 2.75) is 12.6 Å². The Kier molecular flexibility index (Phi) is 5.51. The molecule has 1 saturated heterocycles. The summed E-state index contributed by atoms with van der Waals surface area (Å²) in [5.74, 6) is 1.25. The van der Waals surface area contributed by atoms with Crippen LogP contribution in [0.5, 0.6) is 11.5 Å². The van der Waals surface area contributed by atoms with E-state index in [1.165, 1.54) is 12.0 Å². The molecular weight excluding hydrogens is 304 g/mol. The van der Waals surface area contributed by atoms with Crippen LogP contribution in [0.3, 0.4) is 0 Å². The molecular formula is C15H20N2O6. The Morgan fingerprint density at radius 1 is 1.35 bits per heavy atom. The van der Waals surface area contributed by atoms with E-state index in [0.717, 1.165) is 5.56 Å². The molecule has 2 amide bonds. The van der Waals surface area contributed by atoms with Gasteiger partial charge in [0.05, 0.1) is 41.0 Å². The Labute approximate surface area is 134 Å². The van der Waals surface area contributed by atoms with Gasteiger partial charge in [-0.05, 0) is 12.1 Å². The molecule has 1 atom stereocenters. The Morgan fingerprint density at radius 3 is 2.70 bits per heavy atom. The molecule has 1 aliphatic rings. The van der Waals surface area contributed by atoms with Crippen LogP contribution in [0.15, 0.2) is 18.2 Å². The second-order valence-corrected chi connectivity index (χ2v) is 4.94. The minimum Gasteiger partial charge on any atom is -0.497 e. The van der Waals surface area contributed by atoms with Gasteiger partial charge in [-0.15, -0.1) is 0 Å². The van der Waals surface area contributed by atoms with Crippen LogP contribution >= 0.6 is 0 Å². The van der Waals surface area contributed by atoms with E-state index < -0.39 is 18.3 Å². The number of cyclic esters (lactones) is 1. The Balaban J connectivity index is 2.14. The van der Waals surface area contributed by atoms with Crippen molar-refractivity contribution in [1.29, 1.82) is 0 Å². The van der Waals surface area contributed by atoms with Crippen molar-refractivity contribution < 1.29 is 28.5 Å². The third-order valence-electron chi connectivity index (χ3n) is 3.46. The Bertz CT molecular complexity index is 577. The first-order valence-corrected chi connectivity index (χ1v) is 7.05. The molecule has 0 spiro atoms. The number of ether oxygens (including phenoxy) is 4. The highest BCUT2D eigenvalue weighted by Crippen LogP contribution is 2.26. The maximum atomic E-state index is 12.0. The molecule has 1 N–H and O–H groups in total. The summed E-state index contributed by atoms with van der Waals surface area (Å²) in [5, 5.41) is 2.55. The molecule has 0 bridgehead atoms. The summed E-state index contributed by atoms with van der Waals surface area (Å²) in [7, 11) is 4.42. The number of carbonyl (C=O) groups is 2. The standard InChI is InChI=1S/C15H20N2O6/c1-20-11-5-4-10(13(6-11)21-2)8-17(15(19)22-3)9-12-7-16-14(18)23-12/h4-6,12H,7-9H2,1-3H3,(H,16,18). The summed E-state index contributed by atoms with van der Waals surface area (Å²) < 4.78 is 20.4. The van der Waals surface area contributed by atoms with Crippen LogP contribution in [-0.4, -0.2) is 57.6 Å². The Morgan fingerprint density at radius 2 is 2.13 bits per heavy atom. The lowest BCUT2D eigenvalue weighted by Crippen LogP contribution is -2.38. The first-order chi connectivity index (χ1) is 11.1. The highest BCUT2D eigenvalue weighted by atomic mass is 16.6. The molecule has 0 saturated carbocycles. The lowest BCUT2D eigenvalue weighted by Gasteiger charge is -2.24. The number of nitrogens with one attached hydrogen (secondary N) is 1. The van der Waals surface area contributed by atoms with Crippen LogP contribution in [0, 0.1) is 0 Å². The van der Waals surface area contributed by atoms with Gasteiger partial charge in [0.15, 0.2) is 0 Å². The highest BCUT2D eigenvalue weighted by molar-refractivity contribution is 5.70. The van der Waals surface area contributed by atoms with Crippen molar-refractivity contribution >= 4 is 12.2 Å². The van der Waals surface area contributed by atoms with Gasteiger partial charge in [-0.25, -0.2) is 9.59 Å². The SMILES string of the molecule is COC(=O)N(Cc1ccc(OC)cc1OC)CC1CNC(=O)O1. The number of methoxy groups -OCH3 is 3. The quantitative estimate of drug-likeness (QED) is 0.851. The minimum absolute atomic E-state index is 0.223. The van der Waals surface area contributed by atoms with Crippen LogP contribution in [0.1, 0.15) is 5.56 Å². The number of amides is 2. The van der Waals surface area contributed by atoms with Crippen LogP contribution in [0.2, 0.25) is 0 Å². The smallest absolute Gasteiger partial charge is 0.409 e. The van der Waals surface area contributed by atoms with Crippen molar-refractivity contribution in [2.24, 2.45) is 0 Å². The maximum absolute atomic E-state index is 12.0. The van der Waals surface area contributed by atoms with Crippen LogP contribution < -0.4 is 14.8 Å². The van der Waals surface area contributed by atoms with Crippen molar-refractivity contribution in [2.75, 3.05) is 34.4 Å². The van der Waals surface area contributed by atoms with Gasteiger partial charge in [0.2, 0.25) is 0 Å². The van der Waals surface area contributed by atoms with E-state index in [1.807, 2.05) is 6.07 Å². The summed E-state index contributed by atoms with van der Waals surface area (Å²) in [6.07, 6.45) is -1.40. The van der Waals surface area contributed by atoms with E-state index in [4.69, 9.17) is 18.9 Å². The summed E-state index contributed by atoms with van der Waals surface area (Å²) in [6.45, 7) is 0.834. The first-order valence-electron chi connectivity index (χ1n) is 7.05. The largest absolute Gasteiger partial charge is 0.497 e. The molecule has 23 heavy (non-hydrogen) atoms. The molecule has 1 aromatic rings. The summed E-state index contributed by atoms with van der Waals surface area (Å²) in [6, 6.07) is 5.33. The van der Waals surface area contributed by atoms with E-state index in [-0.39, 0.29) is 13.1 Å². The van der Waals surface area contributed by atoms with Crippen LogP contribution in [-0.2, 0) is 16.0 Å². The van der Waals surface area contributed by atoms with Crippen LogP contribution in [0.25, 0.3) is 0 Å². The van der Waals surface area contributed by atoms with Gasteiger partial charge < -0.3 is 24.3 Å². The van der Waals surface area contributed by atoms with Crippen molar-refractivity contribution in [1.82, 2.24) is 10.2 Å². The fourth-order valence-corrected chi connectivity index (χ4v) is 2.30. The minimum atomic E-state index is -0.508. The molecule has 8 nitrogen and oxygen atoms in total. The fourth-order valence-electron chi connectivity index (χ4n) is 2.30. The predicted octanol–water partition coefficient (Wildman–Crippen LogP) is 1.38. The number of carbonyl (C=O) groups excluding carboxylic acids is 2. The van der Waals surface area contributed by atoms with E-state index in [0.29, 0.717) is 18.0 Å². The van der Waals surface area contributed by atoms with Crippen LogP contribution in [0.4, 0.5) is 9.59 Å². The molecule has 8 heteroatoms. The van der Waals surface area contributed by atoms with Crippen molar-refractivity contribution in [3.8, 4) is 11.5 Å². The monoisotopic (exact) mass is 324 g/mol. The number of hydrogen-bond donors (Lipinski definition) is 1. The zero-order chi connectivity index (χ0) is 16.8. The molecule has 1 heterocycles. The van der Waals surface area contributed by atoms with Crippen molar-refractivity contribution in [3.05, 3.63) is 23.8 Å². The lowest BCUT2D eigenvalue weighted by atomic mass is 10.1. The lowest BCUT2D eigenvalue weighted by molar-refractivity contribution is 0.0840. The highest BCUT2D eigenvalue weighted by Gasteiger charge is 2.28. The third kappa shape index (κ3) is 4.18. The van der Waals surface area contributed by atoms with E-state index in [2.05, 4.69) is 5.32 Å². The molecule has 1 aliphatic heterocycles. The molecule has 0 radical (unpaired) electrons. The fraction of sp³-hybridized carbons (Fsp3) is 0.467. The molecule has 1 unspecified atom stereocenters. The summed E-state index contributed by atoms with van der Waals surface area (Å²) >= 11 is 0. The zero-order valence-electron chi connectivity index (χ0n) is 13.3. The van der Waals surface area contributed by atoms with Gasteiger partial charge in [0.1, 0.15) is 17.6 Å². The predicted molar refractivity (Wildman–Crippen MR) is 80.6 cm³/mol. The van der Waals surface area contributed by atoms with Crippen molar-refractivity contribution in [3.63, 3.8) is 0 Å². The molecule has 126 valence electrons. The molecule has 1 aromatic carbocycles. The topological polar surface area (TPSA) is 86.3 Å². The zero-order valence-corrected chi connectivity index (χ0v) is 13.3. The van der Waals surface area contributed by atoms with Gasteiger partial charge >= 0.3 is 12.2 Å². The first kappa shape index (κ1) is 16.7. The number of hydrogen-bond acceptors (Lipinski definition) is 6. The van der Waals surface area contributed by atoms with Gasteiger partial charge in [-0.2, -0.15) is 0 Å². The number of nitrogens with zero attached hydrogens (tertiary/aromatic N) is 1. The van der Waals surface area contributed by atoms with E-state index in [1.54, 1.807) is 26.4 Å². The number of alkyl carbamates (subject to hydrolysis) is 1. The normalized spacial score (nSPS) is 16.3. The van der Waals surface area contributed by atoms with Gasteiger partial charge in [-0.3, -0.25) is 4.90 Å². The third-order valence-corrected chi connectivity index (χ3v) is 3.46. The van der Waals surface area contributed by atoms with Gasteiger partial charge in [0.25, 0.3) is 0 Å². The van der Waals surface area contributed by atoms with E-state index in [9.17, 15) is 9.59 Å². The Hall–Kier alpha value is -2.64. The maximum Gasteiger partial charge on any atom is 0.409 e. The molecule has 0 aromatic heterocycles. The van der Waals surface area contributed by atoms with Gasteiger partial charge in [0, 0.05) is 11.6 Å². The summed E-state index contributed by atoms with van der Waals surface area (Å²) in [4.78, 5) is 24.5. The summed E-state index contributed by atoms with van der Waals surface area (Å²) in [5.41, 5.74) is 0.788. The van der Waals surface area contributed by atoms with E-state index >= 15 is 0 Å². The second kappa shape index (κ2) is 7.57. The molecule has 1 fully saturated rings. The number of benzene rings is 1. The average molecular weight is 324 g/mol. The number of rotatable bonds is 6. The average Bonchev–Trinajstić information content (AvgIpc) is 2.98. The van der Waals surface area contributed by atoms with Gasteiger partial charge in [-0.1, -0.05) is 0 Å².